The van der Waals surface area contributed by atoms with Gasteiger partial charge in [0.15, 0.2) is 0 Å². The van der Waals surface area contributed by atoms with E-state index in [-0.39, 0.29) is 12.4 Å². The minimum Gasteiger partial charge on any atom is -0.387 e. The molecule has 176 valence electrons. The molecule has 3 aliphatic heterocycles. The Morgan fingerprint density at radius 3 is 2.55 bits per heavy atom. The first kappa shape index (κ1) is 20.9. The van der Waals surface area contributed by atoms with Crippen LogP contribution in [0.5, 0.6) is 0 Å². The van der Waals surface area contributed by atoms with Gasteiger partial charge in [-0.05, 0) is 123 Å². The number of dihydropyridines is 1. The highest BCUT2D eigenvalue weighted by atomic mass is 35.5. The average molecular weight is 463 g/mol. The van der Waals surface area contributed by atoms with Gasteiger partial charge in [-0.1, -0.05) is 18.2 Å². The van der Waals surface area contributed by atoms with Crippen LogP contribution in [0.3, 0.4) is 0 Å². The van der Waals surface area contributed by atoms with Crippen molar-refractivity contribution in [3.05, 3.63) is 58.6 Å². The van der Waals surface area contributed by atoms with Gasteiger partial charge in [-0.15, -0.1) is 12.4 Å². The van der Waals surface area contributed by atoms with Gasteiger partial charge in [-0.2, -0.15) is 0 Å². The number of hydrogen-bond acceptors (Lipinski definition) is 2. The fourth-order valence-electron chi connectivity index (χ4n) is 10.3. The maximum Gasteiger partial charge on any atom is 0.0588 e. The molecule has 1 saturated heterocycles. The van der Waals surface area contributed by atoms with Crippen molar-refractivity contribution in [2.45, 2.75) is 83.1 Å². The van der Waals surface area contributed by atoms with E-state index in [9.17, 15) is 0 Å². The van der Waals surface area contributed by atoms with Crippen LogP contribution in [0, 0.1) is 35.0 Å². The normalized spacial score (nSPS) is 44.0. The van der Waals surface area contributed by atoms with Crippen LogP contribution < -0.4 is 5.32 Å². The third-order valence-electron chi connectivity index (χ3n) is 10.8. The summed E-state index contributed by atoms with van der Waals surface area (Å²) in [7, 11) is 0. The second-order valence-electron chi connectivity index (χ2n) is 12.7. The number of fused-ring (bicyclic) bond motifs is 5. The fraction of sp³-hybridized carbons (Fsp3) is 0.667. The van der Waals surface area contributed by atoms with E-state index in [1.807, 2.05) is 5.57 Å². The van der Waals surface area contributed by atoms with Gasteiger partial charge in [0.2, 0.25) is 0 Å². The predicted molar refractivity (Wildman–Crippen MR) is 137 cm³/mol. The molecule has 3 unspecified atom stereocenters. The zero-order valence-electron chi connectivity index (χ0n) is 19.9. The molecule has 3 heteroatoms. The Bertz CT molecular complexity index is 975. The van der Waals surface area contributed by atoms with E-state index in [2.05, 4.69) is 40.7 Å². The highest BCUT2D eigenvalue weighted by Crippen LogP contribution is 2.64. The molecule has 4 saturated carbocycles. The first-order valence-electron chi connectivity index (χ1n) is 13.8. The molecule has 3 atom stereocenters. The Kier molecular flexibility index (Phi) is 4.78. The van der Waals surface area contributed by atoms with Crippen LogP contribution in [-0.4, -0.2) is 17.5 Å². The Hall–Kier alpha value is -1.41. The van der Waals surface area contributed by atoms with Crippen LogP contribution in [0.15, 0.2) is 58.6 Å². The Balaban J connectivity index is 0.00000190. The number of hydrogen-bond donors (Lipinski definition) is 1. The summed E-state index contributed by atoms with van der Waals surface area (Å²) in [5.41, 5.74) is 9.07. The molecule has 3 heterocycles. The van der Waals surface area contributed by atoms with Gasteiger partial charge in [0.05, 0.1) is 6.04 Å². The van der Waals surface area contributed by atoms with Crippen molar-refractivity contribution >= 4 is 12.4 Å². The third-order valence-corrected chi connectivity index (χ3v) is 10.8. The molecule has 5 fully saturated rings. The summed E-state index contributed by atoms with van der Waals surface area (Å²) < 4.78 is 0. The summed E-state index contributed by atoms with van der Waals surface area (Å²) in [6, 6.07) is 0.573. The lowest BCUT2D eigenvalue weighted by atomic mass is 9.47. The minimum atomic E-state index is 0. The van der Waals surface area contributed by atoms with Gasteiger partial charge in [0, 0.05) is 35.6 Å². The molecule has 0 radical (unpaired) electrons. The quantitative estimate of drug-likeness (QED) is 0.473. The zero-order chi connectivity index (χ0) is 20.9. The maximum atomic E-state index is 3.55. The Morgan fingerprint density at radius 2 is 1.76 bits per heavy atom. The largest absolute Gasteiger partial charge is 0.387 e. The van der Waals surface area contributed by atoms with Crippen LogP contribution in [0.1, 0.15) is 77.0 Å². The number of nitrogens with one attached hydrogen (secondary N) is 1. The van der Waals surface area contributed by atoms with Crippen molar-refractivity contribution in [3.63, 3.8) is 0 Å². The summed E-state index contributed by atoms with van der Waals surface area (Å²) in [5.74, 6) is 4.70. The fourth-order valence-corrected chi connectivity index (χ4v) is 10.3. The molecule has 4 bridgehead atoms. The van der Waals surface area contributed by atoms with Crippen LogP contribution in [0.4, 0.5) is 0 Å². The lowest BCUT2D eigenvalue weighted by Crippen LogP contribution is -2.47. The van der Waals surface area contributed by atoms with E-state index < -0.39 is 0 Å². The maximum absolute atomic E-state index is 3.55. The van der Waals surface area contributed by atoms with E-state index in [4.69, 9.17) is 0 Å². The van der Waals surface area contributed by atoms with Crippen molar-refractivity contribution in [2.75, 3.05) is 6.54 Å². The lowest BCUT2D eigenvalue weighted by molar-refractivity contribution is -0.0644. The monoisotopic (exact) mass is 462 g/mol. The van der Waals surface area contributed by atoms with E-state index in [0.29, 0.717) is 17.4 Å². The lowest BCUT2D eigenvalue weighted by Gasteiger charge is -2.58. The van der Waals surface area contributed by atoms with Crippen molar-refractivity contribution in [1.82, 2.24) is 10.2 Å². The van der Waals surface area contributed by atoms with Gasteiger partial charge in [-0.3, -0.25) is 0 Å². The molecule has 9 aliphatic rings. The standard InChI is InChI=1S/C30H38N2.ClH/c1-2-4-27-22(3-1)5-7-24-23(17-30-14-19-11-20(15-30)13-21(12-19)16-30)6-8-25-26-18-31-10-9-28(26)32(27)29(24)25;/h1,3,5,9,18-21,23,25,27,31H,2,4,6-8,10-17H2;1H. The van der Waals surface area contributed by atoms with E-state index in [1.54, 1.807) is 61.1 Å². The molecule has 33 heavy (non-hydrogen) atoms. The van der Waals surface area contributed by atoms with Gasteiger partial charge in [0.1, 0.15) is 0 Å². The average Bonchev–Trinajstić information content (AvgIpc) is 3.01. The molecule has 1 N–H and O–H groups in total. The van der Waals surface area contributed by atoms with Crippen molar-refractivity contribution < 1.29 is 0 Å². The third kappa shape index (κ3) is 3.05. The zero-order valence-corrected chi connectivity index (χ0v) is 20.7. The number of halogens is 1. The first-order valence-corrected chi connectivity index (χ1v) is 13.8. The Labute approximate surface area is 205 Å². The predicted octanol–water partition coefficient (Wildman–Crippen LogP) is 7.03. The van der Waals surface area contributed by atoms with E-state index in [0.717, 1.165) is 30.2 Å². The van der Waals surface area contributed by atoms with E-state index >= 15 is 0 Å². The van der Waals surface area contributed by atoms with Crippen LogP contribution >= 0.6 is 12.4 Å². The van der Waals surface area contributed by atoms with Crippen LogP contribution in [0.25, 0.3) is 0 Å². The summed E-state index contributed by atoms with van der Waals surface area (Å²) >= 11 is 0. The van der Waals surface area contributed by atoms with Gasteiger partial charge < -0.3 is 10.2 Å². The van der Waals surface area contributed by atoms with Gasteiger partial charge in [0.25, 0.3) is 0 Å². The highest BCUT2D eigenvalue weighted by molar-refractivity contribution is 5.85. The molecule has 0 spiro atoms. The summed E-state index contributed by atoms with van der Waals surface area (Å²) in [5, 5.41) is 3.55. The molecular formula is C30H39ClN2. The number of nitrogens with zero attached hydrogens (tertiary/aromatic N) is 1. The molecule has 6 aliphatic carbocycles. The van der Waals surface area contributed by atoms with Gasteiger partial charge >= 0.3 is 0 Å². The second-order valence-corrected chi connectivity index (χ2v) is 12.7. The second kappa shape index (κ2) is 7.54. The first-order chi connectivity index (χ1) is 15.8. The summed E-state index contributed by atoms with van der Waals surface area (Å²) in [6.07, 6.45) is 29.8. The molecule has 0 amide bonds. The topological polar surface area (TPSA) is 15.3 Å². The smallest absolute Gasteiger partial charge is 0.0588 e. The van der Waals surface area contributed by atoms with Crippen LogP contribution in [0.2, 0.25) is 0 Å². The molecule has 2 nitrogen and oxygen atoms in total. The molecule has 0 aromatic carbocycles. The molecule has 0 aromatic heterocycles. The molecule has 0 aromatic rings. The van der Waals surface area contributed by atoms with Gasteiger partial charge in [-0.25, -0.2) is 0 Å². The SMILES string of the molecule is C1=CC2=CCC3=C4C(CCC3CC35CC6CC(CC(C6)C3)C5)C3=CNCC=C3N4C2CC1.Cl. The number of allylic oxidation sites excluding steroid dienone is 5. The van der Waals surface area contributed by atoms with Crippen molar-refractivity contribution in [3.8, 4) is 0 Å². The summed E-state index contributed by atoms with van der Waals surface area (Å²) in [4.78, 5) is 2.86. The van der Waals surface area contributed by atoms with Crippen molar-refractivity contribution in [1.29, 1.82) is 0 Å². The van der Waals surface area contributed by atoms with E-state index in [1.165, 1.54) is 38.5 Å². The van der Waals surface area contributed by atoms with Crippen molar-refractivity contribution in [2.24, 2.45) is 35.0 Å². The summed E-state index contributed by atoms with van der Waals surface area (Å²) in [6.45, 7) is 0.989. The Morgan fingerprint density at radius 1 is 0.970 bits per heavy atom. The molecular weight excluding hydrogens is 424 g/mol. The minimum absolute atomic E-state index is 0. The number of rotatable bonds is 2. The highest BCUT2D eigenvalue weighted by Gasteiger charge is 2.53. The van der Waals surface area contributed by atoms with Crippen LogP contribution in [-0.2, 0) is 0 Å². The molecule has 9 rings (SSSR count).